The summed E-state index contributed by atoms with van der Waals surface area (Å²) in [5, 5.41) is 8.73. The van der Waals surface area contributed by atoms with Crippen molar-refractivity contribution in [1.29, 1.82) is 0 Å². The highest BCUT2D eigenvalue weighted by Gasteiger charge is 2.19. The summed E-state index contributed by atoms with van der Waals surface area (Å²) in [6, 6.07) is 5.12. The Bertz CT molecular complexity index is 537. The van der Waals surface area contributed by atoms with Crippen LogP contribution in [0, 0.1) is 11.8 Å². The highest BCUT2D eigenvalue weighted by Crippen LogP contribution is 2.32. The number of carbonyl (C=O) groups is 2. The number of hydrogen-bond acceptors (Lipinski definition) is 4. The van der Waals surface area contributed by atoms with Crippen LogP contribution in [0.2, 0.25) is 0 Å². The molecule has 0 fully saturated rings. The Morgan fingerprint density at radius 3 is 2.57 bits per heavy atom. The van der Waals surface area contributed by atoms with Crippen LogP contribution in [0.1, 0.15) is 37.0 Å². The third-order valence-corrected chi connectivity index (χ3v) is 3.37. The fraction of sp³-hybridized carbons (Fsp3) is 0.500. The number of Topliss-reactive ketones (excluding diaryl/α,β-unsaturated/α-hetero) is 1. The number of hydrogen-bond donors (Lipinski definition) is 1. The van der Waals surface area contributed by atoms with Gasteiger partial charge in [0.25, 0.3) is 0 Å². The van der Waals surface area contributed by atoms with E-state index < -0.39 is 5.97 Å². The van der Waals surface area contributed by atoms with E-state index in [9.17, 15) is 9.59 Å². The number of ether oxygens (including phenoxy) is 2. The van der Waals surface area contributed by atoms with Crippen LogP contribution in [0.15, 0.2) is 18.2 Å². The van der Waals surface area contributed by atoms with Crippen LogP contribution < -0.4 is 9.47 Å². The summed E-state index contributed by atoms with van der Waals surface area (Å²) in [6.07, 6.45) is 0.205. The van der Waals surface area contributed by atoms with Gasteiger partial charge in [-0.3, -0.25) is 9.59 Å². The first-order valence-electron chi connectivity index (χ1n) is 7.10. The molecule has 1 aromatic rings. The molecule has 0 radical (unpaired) electrons. The first-order chi connectivity index (χ1) is 9.95. The molecule has 0 saturated carbocycles. The minimum absolute atomic E-state index is 0.00614. The van der Waals surface area contributed by atoms with Gasteiger partial charge < -0.3 is 14.6 Å². The second-order valence-electron chi connectivity index (χ2n) is 5.72. The van der Waals surface area contributed by atoms with Crippen LogP contribution >= 0.6 is 0 Å². The Balaban J connectivity index is 2.07. The third-order valence-electron chi connectivity index (χ3n) is 3.37. The van der Waals surface area contributed by atoms with Gasteiger partial charge in [-0.1, -0.05) is 13.8 Å². The maximum atomic E-state index is 12.2. The zero-order chi connectivity index (χ0) is 15.4. The second-order valence-corrected chi connectivity index (χ2v) is 5.72. The number of rotatable bonds is 5. The molecule has 2 rings (SSSR count). The molecule has 2 unspecified atom stereocenters. The summed E-state index contributed by atoms with van der Waals surface area (Å²) < 4.78 is 11.3. The molecule has 5 heteroatoms. The molecule has 1 aromatic carbocycles. The molecule has 114 valence electrons. The van der Waals surface area contributed by atoms with Gasteiger partial charge in [-0.05, 0) is 24.1 Å². The number of carboxylic acids is 1. The van der Waals surface area contributed by atoms with Crippen LogP contribution in [0.3, 0.4) is 0 Å². The average Bonchev–Trinajstić information content (AvgIpc) is 2.59. The Labute approximate surface area is 123 Å². The van der Waals surface area contributed by atoms with Gasteiger partial charge >= 0.3 is 5.97 Å². The Morgan fingerprint density at radius 1 is 1.24 bits per heavy atom. The fourth-order valence-electron chi connectivity index (χ4n) is 2.23. The van der Waals surface area contributed by atoms with Gasteiger partial charge in [0.15, 0.2) is 17.3 Å². The van der Waals surface area contributed by atoms with Crippen molar-refractivity contribution in [2.24, 2.45) is 11.8 Å². The smallest absolute Gasteiger partial charge is 0.303 e. The number of ketones is 1. The summed E-state index contributed by atoms with van der Waals surface area (Å²) in [5.74, 6) is 0.374. The summed E-state index contributed by atoms with van der Waals surface area (Å²) in [5.41, 5.74) is 0.532. The Hall–Kier alpha value is -2.04. The standard InChI is InChI=1S/C16H20O5/c1-10(6-16(18)19)5-13(17)12-3-4-14-15(7-12)21-9-11(2)8-20-14/h3-4,7,10-11H,5-6,8-9H2,1-2H3,(H,18,19). The largest absolute Gasteiger partial charge is 0.489 e. The molecule has 5 nitrogen and oxygen atoms in total. The van der Waals surface area contributed by atoms with E-state index in [1.165, 1.54) is 0 Å². The lowest BCUT2D eigenvalue weighted by Crippen LogP contribution is -2.12. The van der Waals surface area contributed by atoms with E-state index >= 15 is 0 Å². The summed E-state index contributed by atoms with van der Waals surface area (Å²) >= 11 is 0. The predicted molar refractivity (Wildman–Crippen MR) is 77.0 cm³/mol. The summed E-state index contributed by atoms with van der Waals surface area (Å²) in [7, 11) is 0. The second kappa shape index (κ2) is 6.61. The molecule has 1 N–H and O–H groups in total. The van der Waals surface area contributed by atoms with E-state index in [4.69, 9.17) is 14.6 Å². The highest BCUT2D eigenvalue weighted by molar-refractivity contribution is 5.97. The topological polar surface area (TPSA) is 72.8 Å². The van der Waals surface area contributed by atoms with E-state index in [0.717, 1.165) is 0 Å². The normalized spacial score (nSPS) is 18.7. The minimum Gasteiger partial charge on any atom is -0.489 e. The lowest BCUT2D eigenvalue weighted by Gasteiger charge is -2.10. The van der Waals surface area contributed by atoms with Gasteiger partial charge in [0, 0.05) is 24.3 Å². The van der Waals surface area contributed by atoms with Crippen molar-refractivity contribution in [3.8, 4) is 11.5 Å². The Kier molecular flexibility index (Phi) is 4.83. The van der Waals surface area contributed by atoms with Crippen LogP contribution in [-0.4, -0.2) is 30.1 Å². The summed E-state index contributed by atoms with van der Waals surface area (Å²) in [6.45, 7) is 4.94. The molecule has 0 saturated heterocycles. The van der Waals surface area contributed by atoms with Gasteiger partial charge in [0.1, 0.15) is 0 Å². The molecule has 2 atom stereocenters. The monoisotopic (exact) mass is 292 g/mol. The molecule has 0 amide bonds. The van der Waals surface area contributed by atoms with Crippen molar-refractivity contribution in [3.63, 3.8) is 0 Å². The van der Waals surface area contributed by atoms with E-state index in [1.807, 2.05) is 6.92 Å². The van der Waals surface area contributed by atoms with Gasteiger partial charge in [0.05, 0.1) is 13.2 Å². The van der Waals surface area contributed by atoms with Crippen molar-refractivity contribution in [3.05, 3.63) is 23.8 Å². The van der Waals surface area contributed by atoms with Crippen molar-refractivity contribution < 1.29 is 24.2 Å². The maximum Gasteiger partial charge on any atom is 0.303 e. The molecule has 0 bridgehead atoms. The summed E-state index contributed by atoms with van der Waals surface area (Å²) in [4.78, 5) is 22.8. The molecule has 1 aliphatic rings. The minimum atomic E-state index is -0.886. The number of carbonyl (C=O) groups excluding carboxylic acids is 1. The SMILES string of the molecule is CC1COc2ccc(C(=O)CC(C)CC(=O)O)cc2OC1. The van der Waals surface area contributed by atoms with Gasteiger partial charge in [-0.15, -0.1) is 0 Å². The lowest BCUT2D eigenvalue weighted by molar-refractivity contribution is -0.137. The first-order valence-corrected chi connectivity index (χ1v) is 7.10. The molecular weight excluding hydrogens is 272 g/mol. The van der Waals surface area contributed by atoms with Crippen molar-refractivity contribution >= 4 is 11.8 Å². The van der Waals surface area contributed by atoms with Crippen molar-refractivity contribution in [2.75, 3.05) is 13.2 Å². The number of aliphatic carboxylic acids is 1. The van der Waals surface area contributed by atoms with Crippen LogP contribution in [0.5, 0.6) is 11.5 Å². The number of carboxylic acid groups (broad SMARTS) is 1. The van der Waals surface area contributed by atoms with Crippen LogP contribution in [0.25, 0.3) is 0 Å². The van der Waals surface area contributed by atoms with Crippen LogP contribution in [-0.2, 0) is 4.79 Å². The maximum absolute atomic E-state index is 12.2. The predicted octanol–water partition coefficient (Wildman–Crippen LogP) is 2.78. The van der Waals surface area contributed by atoms with Crippen molar-refractivity contribution in [2.45, 2.75) is 26.7 Å². The first kappa shape index (κ1) is 15.4. The Morgan fingerprint density at radius 2 is 1.90 bits per heavy atom. The van der Waals surface area contributed by atoms with Gasteiger partial charge in [0.2, 0.25) is 0 Å². The zero-order valence-corrected chi connectivity index (χ0v) is 12.3. The molecular formula is C16H20O5. The molecule has 1 aliphatic heterocycles. The fourth-order valence-corrected chi connectivity index (χ4v) is 2.23. The molecule has 0 aromatic heterocycles. The molecule has 1 heterocycles. The van der Waals surface area contributed by atoms with E-state index in [0.29, 0.717) is 36.2 Å². The van der Waals surface area contributed by atoms with Crippen molar-refractivity contribution in [1.82, 2.24) is 0 Å². The molecule has 0 spiro atoms. The number of benzene rings is 1. The quantitative estimate of drug-likeness (QED) is 0.845. The zero-order valence-electron chi connectivity index (χ0n) is 12.3. The van der Waals surface area contributed by atoms with Crippen LogP contribution in [0.4, 0.5) is 0 Å². The van der Waals surface area contributed by atoms with Gasteiger partial charge in [-0.25, -0.2) is 0 Å². The third kappa shape index (κ3) is 4.21. The lowest BCUT2D eigenvalue weighted by atomic mass is 9.97. The molecule has 0 aliphatic carbocycles. The highest BCUT2D eigenvalue weighted by atomic mass is 16.5. The van der Waals surface area contributed by atoms with E-state index in [-0.39, 0.29) is 24.5 Å². The van der Waals surface area contributed by atoms with E-state index in [2.05, 4.69) is 0 Å². The van der Waals surface area contributed by atoms with E-state index in [1.54, 1.807) is 25.1 Å². The van der Waals surface area contributed by atoms with Gasteiger partial charge in [-0.2, -0.15) is 0 Å². The average molecular weight is 292 g/mol. The molecule has 21 heavy (non-hydrogen) atoms. The number of fused-ring (bicyclic) bond motifs is 1.